The predicted octanol–water partition coefficient (Wildman–Crippen LogP) is 2.64. The lowest BCUT2D eigenvalue weighted by molar-refractivity contribution is -0.137. The fourth-order valence-electron chi connectivity index (χ4n) is 1.98. The van der Waals surface area contributed by atoms with Crippen LogP contribution in [-0.4, -0.2) is 33.3 Å². The number of aromatic nitrogens is 2. The molecule has 9 heteroatoms. The van der Waals surface area contributed by atoms with E-state index in [0.29, 0.717) is 22.3 Å². The molecule has 0 saturated carbocycles. The van der Waals surface area contributed by atoms with Crippen LogP contribution in [0.1, 0.15) is 18.0 Å². The molecule has 0 amide bonds. The van der Waals surface area contributed by atoms with Crippen molar-refractivity contribution in [1.29, 1.82) is 0 Å². The van der Waals surface area contributed by atoms with Gasteiger partial charge in [0.2, 0.25) is 5.88 Å². The van der Waals surface area contributed by atoms with Crippen molar-refractivity contribution < 1.29 is 14.6 Å². The Kier molecular flexibility index (Phi) is 6.28. The summed E-state index contributed by atoms with van der Waals surface area (Å²) >= 11 is 11.2. The van der Waals surface area contributed by atoms with Crippen molar-refractivity contribution in [2.24, 2.45) is 0 Å². The molecule has 0 bridgehead atoms. The molecule has 3 N–H and O–H groups in total. The summed E-state index contributed by atoms with van der Waals surface area (Å²) in [5, 5.41) is 15.7. The van der Waals surface area contributed by atoms with Crippen LogP contribution in [0.4, 0.5) is 5.82 Å². The van der Waals surface area contributed by atoms with Gasteiger partial charge in [0.25, 0.3) is 0 Å². The third-order valence-corrected chi connectivity index (χ3v) is 3.48. The molecule has 2 rings (SSSR count). The normalized spacial score (nSPS) is 11.4. The molecule has 0 spiro atoms. The van der Waals surface area contributed by atoms with E-state index in [4.69, 9.17) is 33.7 Å². The van der Waals surface area contributed by atoms with Crippen LogP contribution in [-0.2, 0) is 4.79 Å². The van der Waals surface area contributed by atoms with Crippen molar-refractivity contribution in [3.8, 4) is 5.88 Å². The maximum absolute atomic E-state index is 11.1. The summed E-state index contributed by atoms with van der Waals surface area (Å²) in [5.41, 5.74) is 0.717. The van der Waals surface area contributed by atoms with Gasteiger partial charge in [0.15, 0.2) is 5.11 Å². The Hall–Kier alpha value is -2.45. The van der Waals surface area contributed by atoms with Crippen LogP contribution >= 0.6 is 23.8 Å². The summed E-state index contributed by atoms with van der Waals surface area (Å²) in [6.07, 6.45) is 1.17. The summed E-state index contributed by atoms with van der Waals surface area (Å²) in [4.78, 5) is 19.0. The average molecular weight is 367 g/mol. The molecule has 0 fully saturated rings. The fourth-order valence-corrected chi connectivity index (χ4v) is 2.43. The number of rotatable bonds is 6. The molecule has 0 aliphatic heterocycles. The summed E-state index contributed by atoms with van der Waals surface area (Å²) in [5.74, 6) is -0.147. The van der Waals surface area contributed by atoms with E-state index in [1.54, 1.807) is 30.3 Å². The van der Waals surface area contributed by atoms with Crippen molar-refractivity contribution in [2.75, 3.05) is 12.4 Å². The first-order valence-corrected chi connectivity index (χ1v) is 7.67. The number of nitrogens with one attached hydrogen (secondary N) is 2. The quantitative estimate of drug-likeness (QED) is 0.671. The van der Waals surface area contributed by atoms with Crippen molar-refractivity contribution in [1.82, 2.24) is 15.3 Å². The maximum Gasteiger partial charge on any atom is 0.305 e. The Morgan fingerprint density at radius 3 is 2.88 bits per heavy atom. The van der Waals surface area contributed by atoms with Gasteiger partial charge in [-0.25, -0.2) is 9.97 Å². The lowest BCUT2D eigenvalue weighted by atomic mass is 10.0. The molecule has 126 valence electrons. The molecule has 1 atom stereocenters. The lowest BCUT2D eigenvalue weighted by Crippen LogP contribution is -2.33. The summed E-state index contributed by atoms with van der Waals surface area (Å²) in [6.45, 7) is 0. The largest absolute Gasteiger partial charge is 0.481 e. The number of carboxylic acids is 1. The van der Waals surface area contributed by atoms with Crippen LogP contribution in [0.2, 0.25) is 5.02 Å². The Bertz CT molecular complexity index is 744. The van der Waals surface area contributed by atoms with Crippen LogP contribution in [0.3, 0.4) is 0 Å². The zero-order chi connectivity index (χ0) is 17.5. The van der Waals surface area contributed by atoms with Gasteiger partial charge in [0.1, 0.15) is 12.1 Å². The van der Waals surface area contributed by atoms with Gasteiger partial charge in [-0.05, 0) is 29.9 Å². The molecule has 2 aromatic rings. The first-order valence-electron chi connectivity index (χ1n) is 6.88. The van der Waals surface area contributed by atoms with Gasteiger partial charge in [0.05, 0.1) is 19.6 Å². The number of methoxy groups -OCH3 is 1. The number of carboxylic acid groups (broad SMARTS) is 1. The summed E-state index contributed by atoms with van der Waals surface area (Å²) in [7, 11) is 1.49. The highest BCUT2D eigenvalue weighted by Crippen LogP contribution is 2.21. The van der Waals surface area contributed by atoms with Gasteiger partial charge < -0.3 is 20.5 Å². The zero-order valence-electron chi connectivity index (χ0n) is 12.7. The number of halogens is 1. The van der Waals surface area contributed by atoms with Crippen LogP contribution in [0.25, 0.3) is 0 Å². The first kappa shape index (κ1) is 17.9. The molecule has 1 aromatic carbocycles. The number of carbonyl (C=O) groups is 1. The minimum Gasteiger partial charge on any atom is -0.481 e. The van der Waals surface area contributed by atoms with E-state index in [0.717, 1.165) is 0 Å². The van der Waals surface area contributed by atoms with Crippen LogP contribution in [0, 0.1) is 0 Å². The fraction of sp³-hybridized carbons (Fsp3) is 0.200. The van der Waals surface area contributed by atoms with Gasteiger partial charge in [0, 0.05) is 11.1 Å². The Morgan fingerprint density at radius 1 is 1.42 bits per heavy atom. The minimum atomic E-state index is -0.959. The predicted molar refractivity (Wildman–Crippen MR) is 94.4 cm³/mol. The average Bonchev–Trinajstić information content (AvgIpc) is 2.54. The molecule has 0 radical (unpaired) electrons. The molecule has 0 unspecified atom stereocenters. The molecule has 0 aliphatic rings. The zero-order valence-corrected chi connectivity index (χ0v) is 14.3. The molecule has 1 aromatic heterocycles. The topological polar surface area (TPSA) is 96.4 Å². The monoisotopic (exact) mass is 366 g/mol. The molecule has 0 saturated heterocycles. The minimum absolute atomic E-state index is 0.157. The van der Waals surface area contributed by atoms with E-state index in [1.165, 1.54) is 13.4 Å². The van der Waals surface area contributed by atoms with Crippen molar-refractivity contribution in [3.05, 3.63) is 47.2 Å². The van der Waals surface area contributed by atoms with E-state index < -0.39 is 12.0 Å². The standard InChI is InChI=1S/C15H15ClN4O3S/c1-23-13-7-12(17-8-18-13)20-15(24)19-11(6-14(21)22)9-3-2-4-10(16)5-9/h2-5,7-8,11H,6H2,1H3,(H,21,22)(H2,17,18,19,20,24)/t11-/m1/s1. The molecule has 1 heterocycles. The van der Waals surface area contributed by atoms with Gasteiger partial charge >= 0.3 is 5.97 Å². The van der Waals surface area contributed by atoms with Crippen LogP contribution < -0.4 is 15.4 Å². The number of hydrogen-bond donors (Lipinski definition) is 3. The second kappa shape index (κ2) is 8.42. The van der Waals surface area contributed by atoms with E-state index in [1.807, 2.05) is 0 Å². The number of thiocarbonyl (C=S) groups is 1. The van der Waals surface area contributed by atoms with Gasteiger partial charge in [-0.15, -0.1) is 0 Å². The van der Waals surface area contributed by atoms with E-state index >= 15 is 0 Å². The number of nitrogens with zero attached hydrogens (tertiary/aromatic N) is 2. The van der Waals surface area contributed by atoms with E-state index in [9.17, 15) is 4.79 Å². The first-order chi connectivity index (χ1) is 11.5. The summed E-state index contributed by atoms with van der Waals surface area (Å²) in [6, 6.07) is 7.97. The molecular formula is C15H15ClN4O3S. The van der Waals surface area contributed by atoms with Crippen LogP contribution in [0.5, 0.6) is 5.88 Å². The highest BCUT2D eigenvalue weighted by molar-refractivity contribution is 7.80. The highest BCUT2D eigenvalue weighted by Gasteiger charge is 2.17. The second-order valence-electron chi connectivity index (χ2n) is 4.75. The van der Waals surface area contributed by atoms with Crippen LogP contribution in [0.15, 0.2) is 36.7 Å². The third kappa shape index (κ3) is 5.32. The molecule has 24 heavy (non-hydrogen) atoms. The number of benzene rings is 1. The smallest absolute Gasteiger partial charge is 0.305 e. The van der Waals surface area contributed by atoms with E-state index in [-0.39, 0.29) is 11.5 Å². The van der Waals surface area contributed by atoms with E-state index in [2.05, 4.69) is 20.6 Å². The third-order valence-electron chi connectivity index (χ3n) is 3.03. The number of ether oxygens (including phenoxy) is 1. The van der Waals surface area contributed by atoms with Crippen molar-refractivity contribution in [3.63, 3.8) is 0 Å². The van der Waals surface area contributed by atoms with Gasteiger partial charge in [-0.2, -0.15) is 0 Å². The Morgan fingerprint density at radius 2 is 2.21 bits per heavy atom. The Labute approximate surface area is 149 Å². The second-order valence-corrected chi connectivity index (χ2v) is 5.59. The maximum atomic E-state index is 11.1. The van der Waals surface area contributed by atoms with Crippen molar-refractivity contribution >= 4 is 40.7 Å². The summed E-state index contributed by atoms with van der Waals surface area (Å²) < 4.78 is 5.01. The SMILES string of the molecule is COc1cc(NC(=S)N[C@H](CC(=O)O)c2cccc(Cl)c2)ncn1. The number of anilines is 1. The molecule has 0 aliphatic carbocycles. The molecule has 7 nitrogen and oxygen atoms in total. The Balaban J connectivity index is 2.10. The van der Waals surface area contributed by atoms with Crippen molar-refractivity contribution in [2.45, 2.75) is 12.5 Å². The molecular weight excluding hydrogens is 352 g/mol. The van der Waals surface area contributed by atoms with Gasteiger partial charge in [-0.1, -0.05) is 23.7 Å². The lowest BCUT2D eigenvalue weighted by Gasteiger charge is -2.20. The number of aliphatic carboxylic acids is 1. The number of hydrogen-bond acceptors (Lipinski definition) is 5. The highest BCUT2D eigenvalue weighted by atomic mass is 35.5. The van der Waals surface area contributed by atoms with Gasteiger partial charge in [-0.3, -0.25) is 4.79 Å².